The summed E-state index contributed by atoms with van der Waals surface area (Å²) in [5.41, 5.74) is 0.676. The summed E-state index contributed by atoms with van der Waals surface area (Å²) in [6.45, 7) is 4.48. The minimum Gasteiger partial charge on any atom is -0.481 e. The van der Waals surface area contributed by atoms with Crippen LogP contribution < -0.4 is 10.1 Å². The number of carbonyl (C=O) groups excluding carboxylic acids is 1. The molecular formula is C15H19N3O2S. The van der Waals surface area contributed by atoms with E-state index in [1.807, 2.05) is 37.4 Å². The first-order valence-electron chi connectivity index (χ1n) is 6.76. The number of thioether (sulfide) groups is 1. The first kappa shape index (κ1) is 15.4. The van der Waals surface area contributed by atoms with Crippen LogP contribution in [0.25, 0.3) is 0 Å². The van der Waals surface area contributed by atoms with Crippen LogP contribution in [-0.2, 0) is 11.3 Å². The molecule has 0 aliphatic carbocycles. The number of benzene rings is 1. The van der Waals surface area contributed by atoms with Crippen molar-refractivity contribution in [3.8, 4) is 5.75 Å². The van der Waals surface area contributed by atoms with E-state index in [2.05, 4.69) is 10.4 Å². The lowest BCUT2D eigenvalue weighted by Crippen LogP contribution is -2.30. The van der Waals surface area contributed by atoms with Crippen LogP contribution >= 0.6 is 11.8 Å². The van der Waals surface area contributed by atoms with Crippen LogP contribution in [0.15, 0.2) is 41.6 Å². The van der Waals surface area contributed by atoms with E-state index in [0.717, 1.165) is 11.4 Å². The number of ether oxygens (including phenoxy) is 1. The summed E-state index contributed by atoms with van der Waals surface area (Å²) in [7, 11) is 0. The molecule has 0 bridgehead atoms. The van der Waals surface area contributed by atoms with Gasteiger partial charge in [-0.15, -0.1) is 11.8 Å². The molecular weight excluding hydrogens is 286 g/mol. The van der Waals surface area contributed by atoms with Crippen molar-refractivity contribution < 1.29 is 9.53 Å². The fraction of sp³-hybridized carbons (Fsp3) is 0.333. The highest BCUT2D eigenvalue weighted by atomic mass is 32.2. The lowest BCUT2D eigenvalue weighted by Gasteiger charge is -2.14. The van der Waals surface area contributed by atoms with E-state index in [1.54, 1.807) is 35.8 Å². The maximum atomic E-state index is 12.1. The third kappa shape index (κ3) is 4.26. The second-order valence-electron chi connectivity index (χ2n) is 4.51. The van der Waals surface area contributed by atoms with Gasteiger partial charge in [0.05, 0.1) is 11.9 Å². The van der Waals surface area contributed by atoms with Gasteiger partial charge < -0.3 is 10.1 Å². The molecule has 0 saturated heterocycles. The smallest absolute Gasteiger partial charge is 0.265 e. The molecule has 0 aliphatic heterocycles. The lowest BCUT2D eigenvalue weighted by molar-refractivity contribution is -0.122. The average Bonchev–Trinajstić information content (AvgIpc) is 2.95. The van der Waals surface area contributed by atoms with Crippen molar-refractivity contribution in [1.82, 2.24) is 9.78 Å². The number of carbonyl (C=O) groups is 1. The van der Waals surface area contributed by atoms with E-state index in [0.29, 0.717) is 11.4 Å². The van der Waals surface area contributed by atoms with E-state index in [4.69, 9.17) is 4.74 Å². The molecule has 0 saturated carbocycles. The van der Waals surface area contributed by atoms with Gasteiger partial charge in [-0.25, -0.2) is 0 Å². The molecule has 0 spiro atoms. The molecule has 1 amide bonds. The minimum atomic E-state index is -0.574. The fourth-order valence-electron chi connectivity index (χ4n) is 1.76. The average molecular weight is 305 g/mol. The summed E-state index contributed by atoms with van der Waals surface area (Å²) >= 11 is 1.66. The molecule has 6 heteroatoms. The number of aromatic nitrogens is 2. The third-order valence-corrected chi connectivity index (χ3v) is 3.71. The second-order valence-corrected chi connectivity index (χ2v) is 5.39. The predicted octanol–water partition coefficient (Wildman–Crippen LogP) is 3.03. The van der Waals surface area contributed by atoms with Gasteiger partial charge in [0.1, 0.15) is 5.75 Å². The van der Waals surface area contributed by atoms with Gasteiger partial charge in [-0.3, -0.25) is 9.48 Å². The Morgan fingerprint density at radius 1 is 1.43 bits per heavy atom. The quantitative estimate of drug-likeness (QED) is 0.834. The molecule has 2 aromatic rings. The van der Waals surface area contributed by atoms with Crippen LogP contribution in [-0.4, -0.2) is 28.0 Å². The fourth-order valence-corrected chi connectivity index (χ4v) is 2.17. The van der Waals surface area contributed by atoms with Gasteiger partial charge in [-0.05, 0) is 44.4 Å². The highest BCUT2D eigenvalue weighted by molar-refractivity contribution is 7.98. The van der Waals surface area contributed by atoms with E-state index < -0.39 is 6.10 Å². The first-order chi connectivity index (χ1) is 10.1. The molecule has 0 unspecified atom stereocenters. The zero-order valence-corrected chi connectivity index (χ0v) is 13.2. The number of amides is 1. The largest absolute Gasteiger partial charge is 0.481 e. The van der Waals surface area contributed by atoms with Gasteiger partial charge in [0.25, 0.3) is 5.91 Å². The molecule has 5 nitrogen and oxygen atoms in total. The molecule has 1 N–H and O–H groups in total. The maximum absolute atomic E-state index is 12.1. The number of nitrogens with one attached hydrogen (secondary N) is 1. The van der Waals surface area contributed by atoms with Crippen molar-refractivity contribution >= 4 is 23.4 Å². The monoisotopic (exact) mass is 305 g/mol. The molecule has 0 radical (unpaired) electrons. The Balaban J connectivity index is 1.92. The van der Waals surface area contributed by atoms with Crippen molar-refractivity contribution in [1.29, 1.82) is 0 Å². The second kappa shape index (κ2) is 7.17. The van der Waals surface area contributed by atoms with Crippen LogP contribution in [0.5, 0.6) is 5.75 Å². The van der Waals surface area contributed by atoms with Crippen molar-refractivity contribution in [2.24, 2.45) is 0 Å². The standard InChI is InChI=1S/C15H19N3O2S/c1-4-18-10-12(9-16-18)17-15(19)11(2)20-13-5-7-14(21-3)8-6-13/h5-11H,4H2,1-3H3,(H,17,19)/t11-/m0/s1. The van der Waals surface area contributed by atoms with Gasteiger partial charge in [-0.1, -0.05) is 0 Å². The topological polar surface area (TPSA) is 56.2 Å². The SMILES string of the molecule is CCn1cc(NC(=O)[C@H](C)Oc2ccc(SC)cc2)cn1. The van der Waals surface area contributed by atoms with Crippen molar-refractivity contribution in [2.75, 3.05) is 11.6 Å². The van der Waals surface area contributed by atoms with Gasteiger partial charge in [0.2, 0.25) is 0 Å². The molecule has 1 aromatic carbocycles. The van der Waals surface area contributed by atoms with Gasteiger partial charge in [-0.2, -0.15) is 5.10 Å². The number of aryl methyl sites for hydroxylation is 1. The zero-order valence-electron chi connectivity index (χ0n) is 12.4. The predicted molar refractivity (Wildman–Crippen MR) is 84.8 cm³/mol. The Morgan fingerprint density at radius 2 is 2.14 bits per heavy atom. The summed E-state index contributed by atoms with van der Waals surface area (Å²) in [5.74, 6) is 0.485. The molecule has 1 atom stereocenters. The summed E-state index contributed by atoms with van der Waals surface area (Å²) < 4.78 is 7.38. The lowest BCUT2D eigenvalue weighted by atomic mass is 10.3. The van der Waals surface area contributed by atoms with Crippen LogP contribution in [0.1, 0.15) is 13.8 Å². The summed E-state index contributed by atoms with van der Waals surface area (Å²) in [6, 6.07) is 7.67. The van der Waals surface area contributed by atoms with Gasteiger partial charge >= 0.3 is 0 Å². The van der Waals surface area contributed by atoms with Crippen LogP contribution in [0.3, 0.4) is 0 Å². The van der Waals surface area contributed by atoms with E-state index in [9.17, 15) is 4.79 Å². The van der Waals surface area contributed by atoms with Crippen LogP contribution in [0.2, 0.25) is 0 Å². The first-order valence-corrected chi connectivity index (χ1v) is 7.99. The Bertz CT molecular complexity index is 595. The molecule has 1 heterocycles. The molecule has 21 heavy (non-hydrogen) atoms. The van der Waals surface area contributed by atoms with E-state index >= 15 is 0 Å². The normalized spacial score (nSPS) is 12.0. The van der Waals surface area contributed by atoms with E-state index in [1.165, 1.54) is 0 Å². The molecule has 2 rings (SSSR count). The van der Waals surface area contributed by atoms with Gasteiger partial charge in [0.15, 0.2) is 6.10 Å². The Labute approximate surface area is 128 Å². The molecule has 0 fully saturated rings. The summed E-state index contributed by atoms with van der Waals surface area (Å²) in [6.07, 6.45) is 4.86. The summed E-state index contributed by atoms with van der Waals surface area (Å²) in [4.78, 5) is 13.2. The molecule has 1 aromatic heterocycles. The summed E-state index contributed by atoms with van der Waals surface area (Å²) in [5, 5.41) is 6.90. The van der Waals surface area contributed by atoms with E-state index in [-0.39, 0.29) is 5.91 Å². The maximum Gasteiger partial charge on any atom is 0.265 e. The zero-order chi connectivity index (χ0) is 15.2. The van der Waals surface area contributed by atoms with Crippen molar-refractivity contribution in [3.05, 3.63) is 36.7 Å². The highest BCUT2D eigenvalue weighted by Crippen LogP contribution is 2.20. The molecule has 0 aliphatic rings. The van der Waals surface area contributed by atoms with Crippen LogP contribution in [0, 0.1) is 0 Å². The number of anilines is 1. The molecule has 112 valence electrons. The number of nitrogens with zero attached hydrogens (tertiary/aromatic N) is 2. The van der Waals surface area contributed by atoms with Crippen LogP contribution in [0.4, 0.5) is 5.69 Å². The Hall–Kier alpha value is -1.95. The highest BCUT2D eigenvalue weighted by Gasteiger charge is 2.15. The van der Waals surface area contributed by atoms with Crippen molar-refractivity contribution in [2.45, 2.75) is 31.4 Å². The third-order valence-electron chi connectivity index (χ3n) is 2.97. The number of hydrogen-bond acceptors (Lipinski definition) is 4. The minimum absolute atomic E-state index is 0.195. The number of hydrogen-bond donors (Lipinski definition) is 1. The van der Waals surface area contributed by atoms with Crippen molar-refractivity contribution in [3.63, 3.8) is 0 Å². The Kier molecular flexibility index (Phi) is 5.27. The Morgan fingerprint density at radius 3 is 2.71 bits per heavy atom. The van der Waals surface area contributed by atoms with Gasteiger partial charge in [0, 0.05) is 17.6 Å². The number of rotatable bonds is 6.